The fraction of sp³-hybridized carbons (Fsp3) is 0.136. The quantitative estimate of drug-likeness (QED) is 0.425. The molecular weight excluding hydrogens is 420 g/mol. The minimum Gasteiger partial charge on any atom is -0.351 e. The molecule has 5 aromatic rings. The molecule has 0 spiro atoms. The average molecular weight is 437 g/mol. The van der Waals surface area contributed by atoms with E-state index in [2.05, 4.69) is 20.3 Å². The summed E-state index contributed by atoms with van der Waals surface area (Å²) in [5.41, 5.74) is 3.65. The van der Waals surface area contributed by atoms with E-state index >= 15 is 0 Å². The van der Waals surface area contributed by atoms with E-state index in [9.17, 15) is 13.6 Å². The molecule has 0 bridgehead atoms. The van der Waals surface area contributed by atoms with E-state index in [-0.39, 0.29) is 17.5 Å². The molecule has 31 heavy (non-hydrogen) atoms. The van der Waals surface area contributed by atoms with Gasteiger partial charge in [-0.3, -0.25) is 9.20 Å². The second-order valence-corrected chi connectivity index (χ2v) is 8.13. The highest BCUT2D eigenvalue weighted by Crippen LogP contribution is 2.27. The number of aromatic amines is 1. The first-order valence-corrected chi connectivity index (χ1v) is 10.5. The number of imidazole rings is 2. The van der Waals surface area contributed by atoms with Crippen LogP contribution < -0.4 is 5.32 Å². The van der Waals surface area contributed by atoms with Gasteiger partial charge in [-0.05, 0) is 49.4 Å². The predicted molar refractivity (Wildman–Crippen MR) is 115 cm³/mol. The first-order valence-electron chi connectivity index (χ1n) is 9.65. The number of H-pyrrole nitrogens is 1. The molecule has 2 aromatic carbocycles. The smallest absolute Gasteiger partial charge is 0.263 e. The fourth-order valence-corrected chi connectivity index (χ4v) is 4.47. The van der Waals surface area contributed by atoms with Crippen LogP contribution in [0.15, 0.2) is 48.7 Å². The lowest BCUT2D eigenvalue weighted by Crippen LogP contribution is -2.25. The number of nitrogens with one attached hydrogen (secondary N) is 2. The predicted octanol–water partition coefficient (Wildman–Crippen LogP) is 4.50. The first-order chi connectivity index (χ1) is 15.0. The van der Waals surface area contributed by atoms with Crippen molar-refractivity contribution >= 4 is 33.2 Å². The Balaban J connectivity index is 1.28. The van der Waals surface area contributed by atoms with Crippen molar-refractivity contribution in [1.29, 1.82) is 0 Å². The lowest BCUT2D eigenvalue weighted by molar-refractivity contribution is 0.0957. The number of hydrogen-bond acceptors (Lipinski definition) is 4. The summed E-state index contributed by atoms with van der Waals surface area (Å²) in [5, 5.41) is 2.90. The van der Waals surface area contributed by atoms with Crippen molar-refractivity contribution in [1.82, 2.24) is 24.7 Å². The maximum absolute atomic E-state index is 13.3. The van der Waals surface area contributed by atoms with Crippen LogP contribution in [0.25, 0.3) is 27.3 Å². The van der Waals surface area contributed by atoms with Crippen LogP contribution in [0.2, 0.25) is 0 Å². The number of carbonyl (C=O) groups excluding carboxylic acids is 1. The average Bonchev–Trinajstić information content (AvgIpc) is 3.42. The van der Waals surface area contributed by atoms with Crippen LogP contribution in [0.1, 0.15) is 21.2 Å². The molecule has 0 aliphatic rings. The second kappa shape index (κ2) is 7.59. The number of fused-ring (bicyclic) bond motifs is 2. The minimum absolute atomic E-state index is 0.182. The van der Waals surface area contributed by atoms with Gasteiger partial charge in [0.05, 0.1) is 16.7 Å². The highest BCUT2D eigenvalue weighted by atomic mass is 32.1. The van der Waals surface area contributed by atoms with Gasteiger partial charge in [0, 0.05) is 30.4 Å². The second-order valence-electron chi connectivity index (χ2n) is 7.15. The van der Waals surface area contributed by atoms with Gasteiger partial charge >= 0.3 is 0 Å². The molecule has 9 heteroatoms. The van der Waals surface area contributed by atoms with Crippen molar-refractivity contribution in [2.45, 2.75) is 13.3 Å². The normalized spacial score (nSPS) is 11.5. The number of hydrogen-bond donors (Lipinski definition) is 2. The minimum atomic E-state index is -0.322. The summed E-state index contributed by atoms with van der Waals surface area (Å²) in [7, 11) is 0. The maximum atomic E-state index is 13.3. The number of benzene rings is 2. The zero-order valence-corrected chi connectivity index (χ0v) is 17.3. The number of amides is 1. The molecule has 0 aliphatic heterocycles. The number of thiazole rings is 1. The lowest BCUT2D eigenvalue weighted by atomic mass is 10.2. The van der Waals surface area contributed by atoms with Crippen LogP contribution in [-0.4, -0.2) is 31.8 Å². The highest BCUT2D eigenvalue weighted by molar-refractivity contribution is 7.19. The van der Waals surface area contributed by atoms with Crippen molar-refractivity contribution in [3.63, 3.8) is 0 Å². The summed E-state index contributed by atoms with van der Waals surface area (Å²) in [6, 6.07) is 10.5. The Bertz CT molecular complexity index is 1420. The van der Waals surface area contributed by atoms with Crippen LogP contribution in [0, 0.1) is 18.6 Å². The van der Waals surface area contributed by atoms with Crippen LogP contribution in [0.5, 0.6) is 0 Å². The molecule has 1 amide bonds. The van der Waals surface area contributed by atoms with Gasteiger partial charge in [0.25, 0.3) is 5.91 Å². The molecule has 0 aliphatic carbocycles. The van der Waals surface area contributed by atoms with Crippen LogP contribution in [0.4, 0.5) is 8.78 Å². The topological polar surface area (TPSA) is 75.1 Å². The van der Waals surface area contributed by atoms with E-state index in [1.54, 1.807) is 18.2 Å². The van der Waals surface area contributed by atoms with E-state index in [1.807, 2.05) is 17.5 Å². The lowest BCUT2D eigenvalue weighted by Gasteiger charge is -2.03. The number of rotatable bonds is 5. The summed E-state index contributed by atoms with van der Waals surface area (Å²) < 4.78 is 28.3. The van der Waals surface area contributed by atoms with Gasteiger partial charge in [-0.15, -0.1) is 0 Å². The highest BCUT2D eigenvalue weighted by Gasteiger charge is 2.18. The molecule has 0 unspecified atom stereocenters. The van der Waals surface area contributed by atoms with E-state index in [0.717, 1.165) is 17.0 Å². The molecule has 0 saturated carbocycles. The van der Waals surface area contributed by atoms with E-state index in [4.69, 9.17) is 0 Å². The number of nitrogens with zero attached hydrogens (tertiary/aromatic N) is 3. The number of aromatic nitrogens is 4. The fourth-order valence-electron chi connectivity index (χ4n) is 3.45. The zero-order chi connectivity index (χ0) is 21.5. The number of halogens is 2. The van der Waals surface area contributed by atoms with Crippen molar-refractivity contribution in [3.05, 3.63) is 76.7 Å². The summed E-state index contributed by atoms with van der Waals surface area (Å²) in [6.45, 7) is 2.25. The van der Waals surface area contributed by atoms with Gasteiger partial charge in [-0.25, -0.2) is 18.7 Å². The number of aryl methyl sites for hydroxylation is 1. The standard InChI is InChI=1S/C22H17F2N5OS/c1-12-20(31-22-28-18(11-29(12)22)13-2-4-14(23)5-3-13)21(30)25-9-8-19-26-16-7-6-15(24)10-17(16)27-19/h2-7,10-11H,8-9H2,1H3,(H,25,30)(H,26,27). The van der Waals surface area contributed by atoms with Crippen molar-refractivity contribution in [2.75, 3.05) is 6.54 Å². The Kier molecular flexibility index (Phi) is 4.74. The molecule has 0 fully saturated rings. The summed E-state index contributed by atoms with van der Waals surface area (Å²) in [4.78, 5) is 26.0. The third-order valence-electron chi connectivity index (χ3n) is 5.04. The summed E-state index contributed by atoms with van der Waals surface area (Å²) in [6.07, 6.45) is 2.34. The SMILES string of the molecule is Cc1c(C(=O)NCCc2nc3ccc(F)cc3[nH]2)sc2nc(-c3ccc(F)cc3)cn12. The third kappa shape index (κ3) is 3.68. The molecule has 3 aromatic heterocycles. The van der Waals surface area contributed by atoms with E-state index < -0.39 is 0 Å². The van der Waals surface area contributed by atoms with Gasteiger partial charge in [-0.1, -0.05) is 11.3 Å². The third-order valence-corrected chi connectivity index (χ3v) is 6.20. The van der Waals surface area contributed by atoms with Gasteiger partial charge in [0.2, 0.25) is 0 Å². The van der Waals surface area contributed by atoms with E-state index in [0.29, 0.717) is 39.7 Å². The van der Waals surface area contributed by atoms with Gasteiger partial charge in [0.1, 0.15) is 22.3 Å². The van der Waals surface area contributed by atoms with Gasteiger partial charge < -0.3 is 10.3 Å². The Morgan fingerprint density at radius 1 is 1.13 bits per heavy atom. The molecule has 2 N–H and O–H groups in total. The van der Waals surface area contributed by atoms with Crippen molar-refractivity contribution in [2.24, 2.45) is 0 Å². The molecule has 0 radical (unpaired) electrons. The Labute approximate surface area is 179 Å². The molecule has 3 heterocycles. The van der Waals surface area contributed by atoms with Crippen LogP contribution >= 0.6 is 11.3 Å². The van der Waals surface area contributed by atoms with Crippen LogP contribution in [0.3, 0.4) is 0 Å². The molecule has 0 atom stereocenters. The van der Waals surface area contributed by atoms with Crippen LogP contribution in [-0.2, 0) is 6.42 Å². The Morgan fingerprint density at radius 3 is 2.68 bits per heavy atom. The van der Waals surface area contributed by atoms with Gasteiger partial charge in [0.15, 0.2) is 4.96 Å². The molecule has 5 rings (SSSR count). The monoisotopic (exact) mass is 437 g/mol. The molecular formula is C22H17F2N5OS. The van der Waals surface area contributed by atoms with E-state index in [1.165, 1.54) is 35.6 Å². The molecule has 156 valence electrons. The summed E-state index contributed by atoms with van der Waals surface area (Å²) in [5.74, 6) is -0.118. The molecule has 0 saturated heterocycles. The Hall–Kier alpha value is -3.59. The van der Waals surface area contributed by atoms with Crippen molar-refractivity contribution in [3.8, 4) is 11.3 Å². The number of carbonyl (C=O) groups is 1. The van der Waals surface area contributed by atoms with Gasteiger partial charge in [-0.2, -0.15) is 0 Å². The zero-order valence-electron chi connectivity index (χ0n) is 16.4. The molecule has 6 nitrogen and oxygen atoms in total. The largest absolute Gasteiger partial charge is 0.351 e. The first kappa shape index (κ1) is 19.4. The summed E-state index contributed by atoms with van der Waals surface area (Å²) >= 11 is 1.30. The maximum Gasteiger partial charge on any atom is 0.263 e. The van der Waals surface area contributed by atoms with Crippen molar-refractivity contribution < 1.29 is 13.6 Å². The Morgan fingerprint density at radius 2 is 1.90 bits per heavy atom.